The first-order valence-electron chi connectivity index (χ1n) is 7.06. The minimum Gasteiger partial charge on any atom is -0.436 e. The Labute approximate surface area is 139 Å². The Bertz CT molecular complexity index is 591. The maximum absolute atomic E-state index is 5.67. The molecule has 0 aliphatic rings. The standard InChI is InChI=1S/C16H21BrN2OS/c1-10(2)8-18-9-13-5-6-14(17)7-15(13)21-16-19-11(3)12(4)20-16/h5-7,10,18H,8-9H2,1-4H3. The van der Waals surface area contributed by atoms with Gasteiger partial charge in [0.1, 0.15) is 5.76 Å². The highest BCUT2D eigenvalue weighted by Crippen LogP contribution is 2.33. The molecule has 1 heterocycles. The van der Waals surface area contributed by atoms with Crippen molar-refractivity contribution in [2.75, 3.05) is 6.54 Å². The molecular weight excluding hydrogens is 348 g/mol. The summed E-state index contributed by atoms with van der Waals surface area (Å²) in [5.41, 5.74) is 2.21. The van der Waals surface area contributed by atoms with Crippen LogP contribution in [0.4, 0.5) is 0 Å². The molecule has 1 aromatic carbocycles. The summed E-state index contributed by atoms with van der Waals surface area (Å²) >= 11 is 5.11. The first kappa shape index (κ1) is 16.6. The molecule has 0 unspecified atom stereocenters. The number of benzene rings is 1. The molecule has 1 aromatic heterocycles. The van der Waals surface area contributed by atoms with E-state index in [9.17, 15) is 0 Å². The third kappa shape index (κ3) is 4.87. The number of aromatic nitrogens is 1. The molecule has 0 bridgehead atoms. The van der Waals surface area contributed by atoms with E-state index in [0.717, 1.165) is 29.0 Å². The van der Waals surface area contributed by atoms with Crippen LogP contribution < -0.4 is 5.32 Å². The lowest BCUT2D eigenvalue weighted by atomic mass is 10.2. The minimum absolute atomic E-state index is 0.647. The normalized spacial score (nSPS) is 11.3. The van der Waals surface area contributed by atoms with Gasteiger partial charge in [0.15, 0.2) is 0 Å². The van der Waals surface area contributed by atoms with E-state index < -0.39 is 0 Å². The minimum atomic E-state index is 0.647. The van der Waals surface area contributed by atoms with E-state index in [1.165, 1.54) is 10.5 Å². The van der Waals surface area contributed by atoms with Crippen LogP contribution in [-0.4, -0.2) is 11.5 Å². The molecule has 0 fully saturated rings. The molecule has 0 aliphatic carbocycles. The van der Waals surface area contributed by atoms with Gasteiger partial charge in [-0.3, -0.25) is 0 Å². The van der Waals surface area contributed by atoms with Gasteiger partial charge in [-0.05, 0) is 55.8 Å². The quantitative estimate of drug-likeness (QED) is 0.782. The monoisotopic (exact) mass is 368 g/mol. The van der Waals surface area contributed by atoms with Crippen LogP contribution in [0.25, 0.3) is 0 Å². The second-order valence-corrected chi connectivity index (χ2v) is 7.41. The first-order chi connectivity index (χ1) is 9.95. The molecular formula is C16H21BrN2OS. The van der Waals surface area contributed by atoms with Gasteiger partial charge in [0.25, 0.3) is 5.22 Å². The van der Waals surface area contributed by atoms with Crippen molar-refractivity contribution in [3.8, 4) is 0 Å². The van der Waals surface area contributed by atoms with Gasteiger partial charge >= 0.3 is 0 Å². The predicted octanol–water partition coefficient (Wildman–Crippen LogP) is 4.95. The van der Waals surface area contributed by atoms with E-state index in [-0.39, 0.29) is 0 Å². The zero-order valence-corrected chi connectivity index (χ0v) is 15.3. The van der Waals surface area contributed by atoms with Gasteiger partial charge in [0.2, 0.25) is 0 Å². The van der Waals surface area contributed by atoms with Gasteiger partial charge in [-0.1, -0.05) is 35.8 Å². The van der Waals surface area contributed by atoms with Crippen molar-refractivity contribution in [2.45, 2.75) is 44.4 Å². The second-order valence-electron chi connectivity index (χ2n) is 5.50. The van der Waals surface area contributed by atoms with Gasteiger partial charge in [0, 0.05) is 15.9 Å². The van der Waals surface area contributed by atoms with Crippen molar-refractivity contribution in [1.82, 2.24) is 10.3 Å². The average Bonchev–Trinajstić information content (AvgIpc) is 2.70. The van der Waals surface area contributed by atoms with Crippen LogP contribution in [0.1, 0.15) is 30.9 Å². The lowest BCUT2D eigenvalue weighted by molar-refractivity contribution is 0.431. The fraction of sp³-hybridized carbons (Fsp3) is 0.438. The molecule has 1 N–H and O–H groups in total. The van der Waals surface area contributed by atoms with E-state index in [4.69, 9.17) is 4.42 Å². The summed E-state index contributed by atoms with van der Waals surface area (Å²) in [6.07, 6.45) is 0. The Morgan fingerprint density at radius 2 is 2.10 bits per heavy atom. The Morgan fingerprint density at radius 3 is 2.71 bits per heavy atom. The Kier molecular flexibility index (Phi) is 5.90. The summed E-state index contributed by atoms with van der Waals surface area (Å²) in [7, 11) is 0. The maximum Gasteiger partial charge on any atom is 0.261 e. The summed E-state index contributed by atoms with van der Waals surface area (Å²) < 4.78 is 6.74. The highest BCUT2D eigenvalue weighted by molar-refractivity contribution is 9.10. The molecule has 0 amide bonds. The van der Waals surface area contributed by atoms with Crippen molar-refractivity contribution in [3.05, 3.63) is 39.7 Å². The van der Waals surface area contributed by atoms with Gasteiger partial charge in [-0.15, -0.1) is 0 Å². The zero-order valence-electron chi connectivity index (χ0n) is 12.9. The SMILES string of the molecule is Cc1nc(Sc2cc(Br)ccc2CNCC(C)C)oc1C. The third-order valence-corrected chi connectivity index (χ3v) is 4.55. The number of oxazole rings is 1. The van der Waals surface area contributed by atoms with Crippen molar-refractivity contribution < 1.29 is 4.42 Å². The van der Waals surface area contributed by atoms with Crippen LogP contribution in [0.2, 0.25) is 0 Å². The molecule has 0 radical (unpaired) electrons. The molecule has 0 atom stereocenters. The molecule has 0 saturated heterocycles. The molecule has 5 heteroatoms. The summed E-state index contributed by atoms with van der Waals surface area (Å²) in [6, 6.07) is 6.33. The van der Waals surface area contributed by atoms with Crippen LogP contribution in [0.3, 0.4) is 0 Å². The fourth-order valence-corrected chi connectivity index (χ4v) is 3.35. The molecule has 0 saturated carbocycles. The second kappa shape index (κ2) is 7.47. The van der Waals surface area contributed by atoms with Gasteiger partial charge in [-0.25, -0.2) is 4.98 Å². The topological polar surface area (TPSA) is 38.1 Å². The summed E-state index contributed by atoms with van der Waals surface area (Å²) in [4.78, 5) is 5.61. The molecule has 0 spiro atoms. The summed E-state index contributed by atoms with van der Waals surface area (Å²) in [6.45, 7) is 10.2. The van der Waals surface area contributed by atoms with E-state index in [2.05, 4.69) is 58.3 Å². The Hall–Kier alpha value is -0.780. The summed E-state index contributed by atoms with van der Waals surface area (Å²) in [5.74, 6) is 1.53. The van der Waals surface area contributed by atoms with Crippen molar-refractivity contribution >= 4 is 27.7 Å². The highest BCUT2D eigenvalue weighted by Gasteiger charge is 2.11. The van der Waals surface area contributed by atoms with Crippen LogP contribution in [0.15, 0.2) is 37.2 Å². The summed E-state index contributed by atoms with van der Waals surface area (Å²) in [5, 5.41) is 4.19. The molecule has 2 rings (SSSR count). The van der Waals surface area contributed by atoms with Crippen LogP contribution >= 0.6 is 27.7 Å². The molecule has 114 valence electrons. The van der Waals surface area contributed by atoms with Crippen molar-refractivity contribution in [2.24, 2.45) is 5.92 Å². The van der Waals surface area contributed by atoms with E-state index in [0.29, 0.717) is 11.1 Å². The number of nitrogens with zero attached hydrogens (tertiary/aromatic N) is 1. The van der Waals surface area contributed by atoms with E-state index in [1.807, 2.05) is 13.8 Å². The average molecular weight is 369 g/mol. The highest BCUT2D eigenvalue weighted by atomic mass is 79.9. The lowest BCUT2D eigenvalue weighted by Gasteiger charge is -2.11. The largest absolute Gasteiger partial charge is 0.436 e. The maximum atomic E-state index is 5.67. The van der Waals surface area contributed by atoms with Gasteiger partial charge < -0.3 is 9.73 Å². The smallest absolute Gasteiger partial charge is 0.261 e. The predicted molar refractivity (Wildman–Crippen MR) is 90.8 cm³/mol. The number of halogens is 1. The van der Waals surface area contributed by atoms with Crippen molar-refractivity contribution in [1.29, 1.82) is 0 Å². The number of aryl methyl sites for hydroxylation is 2. The van der Waals surface area contributed by atoms with Gasteiger partial charge in [-0.2, -0.15) is 0 Å². The number of nitrogens with one attached hydrogen (secondary N) is 1. The number of hydrogen-bond donors (Lipinski definition) is 1. The molecule has 2 aromatic rings. The fourth-order valence-electron chi connectivity index (χ4n) is 1.85. The molecule has 21 heavy (non-hydrogen) atoms. The number of hydrogen-bond acceptors (Lipinski definition) is 4. The van der Waals surface area contributed by atoms with Crippen molar-refractivity contribution in [3.63, 3.8) is 0 Å². The van der Waals surface area contributed by atoms with Crippen LogP contribution in [0.5, 0.6) is 0 Å². The van der Waals surface area contributed by atoms with E-state index >= 15 is 0 Å². The lowest BCUT2D eigenvalue weighted by Crippen LogP contribution is -2.19. The Morgan fingerprint density at radius 1 is 1.33 bits per heavy atom. The molecule has 0 aliphatic heterocycles. The number of rotatable bonds is 6. The zero-order chi connectivity index (χ0) is 15.4. The van der Waals surface area contributed by atoms with Gasteiger partial charge in [0.05, 0.1) is 5.69 Å². The molecule has 3 nitrogen and oxygen atoms in total. The first-order valence-corrected chi connectivity index (χ1v) is 8.67. The van der Waals surface area contributed by atoms with Crippen LogP contribution in [-0.2, 0) is 6.54 Å². The van der Waals surface area contributed by atoms with Crippen LogP contribution in [0, 0.1) is 19.8 Å². The Balaban J connectivity index is 2.14. The third-order valence-electron chi connectivity index (χ3n) is 3.10. The van der Waals surface area contributed by atoms with E-state index in [1.54, 1.807) is 11.8 Å².